The van der Waals surface area contributed by atoms with Crippen LogP contribution in [0.3, 0.4) is 0 Å². The van der Waals surface area contributed by atoms with E-state index < -0.39 is 0 Å². The zero-order valence-corrected chi connectivity index (χ0v) is 10.6. The van der Waals surface area contributed by atoms with E-state index in [0.29, 0.717) is 10.8 Å². The van der Waals surface area contributed by atoms with Crippen molar-refractivity contribution in [3.8, 4) is 0 Å². The van der Waals surface area contributed by atoms with Gasteiger partial charge in [0.1, 0.15) is 6.29 Å². The molecule has 0 saturated heterocycles. The summed E-state index contributed by atoms with van der Waals surface area (Å²) in [4.78, 5) is 10.6. The van der Waals surface area contributed by atoms with Gasteiger partial charge >= 0.3 is 0 Å². The van der Waals surface area contributed by atoms with Crippen LogP contribution < -0.4 is 0 Å². The maximum atomic E-state index is 10.6. The first-order valence-electron chi connectivity index (χ1n) is 6.66. The summed E-state index contributed by atoms with van der Waals surface area (Å²) < 4.78 is 0. The molecule has 4 rings (SSSR count). The number of aldehydes is 1. The second-order valence-corrected chi connectivity index (χ2v) is 6.69. The van der Waals surface area contributed by atoms with Gasteiger partial charge in [-0.05, 0) is 66.8 Å². The summed E-state index contributed by atoms with van der Waals surface area (Å²) in [6.07, 6.45) is 8.45. The summed E-state index contributed by atoms with van der Waals surface area (Å²) in [5.41, 5.74) is 2.13. The third-order valence-corrected chi connectivity index (χ3v) is 6.44. The smallest absolute Gasteiger partial charge is 0.145 e. The Bertz CT molecular complexity index is 356. The van der Waals surface area contributed by atoms with E-state index in [-0.39, 0.29) is 0 Å². The third-order valence-electron chi connectivity index (χ3n) is 6.44. The zero-order valence-electron chi connectivity index (χ0n) is 10.6. The highest BCUT2D eigenvalue weighted by atomic mass is 16.1. The molecule has 0 aromatic heterocycles. The number of carbonyl (C=O) groups excluding carboxylic acids is 1. The highest BCUT2D eigenvalue weighted by molar-refractivity contribution is 5.71. The minimum atomic E-state index is 0.571. The van der Waals surface area contributed by atoms with Crippen molar-refractivity contribution in [1.29, 1.82) is 0 Å². The van der Waals surface area contributed by atoms with Gasteiger partial charge in [-0.3, -0.25) is 4.79 Å². The molecule has 0 aromatic rings. The largest absolute Gasteiger partial charge is 0.298 e. The molecule has 0 aliphatic heterocycles. The van der Waals surface area contributed by atoms with E-state index in [0.717, 1.165) is 36.0 Å². The van der Waals surface area contributed by atoms with Crippen LogP contribution in [0.5, 0.6) is 0 Å². The van der Waals surface area contributed by atoms with Gasteiger partial charge in [0.15, 0.2) is 0 Å². The molecular weight excluding hydrogens is 196 g/mol. The van der Waals surface area contributed by atoms with Gasteiger partial charge in [0.2, 0.25) is 0 Å². The first kappa shape index (κ1) is 10.6. The molecular formula is C15H22O. The van der Waals surface area contributed by atoms with Crippen molar-refractivity contribution in [2.24, 2.45) is 28.6 Å². The van der Waals surface area contributed by atoms with Crippen LogP contribution in [-0.4, -0.2) is 6.29 Å². The zero-order chi connectivity index (χ0) is 11.6. The van der Waals surface area contributed by atoms with Crippen LogP contribution in [-0.2, 0) is 4.79 Å². The summed E-state index contributed by atoms with van der Waals surface area (Å²) >= 11 is 0. The standard InChI is InChI=1S/C15H22O/c1-10(9-16)5-4-6-14(2)11-7-12-13(8-11)15(12,14)3/h5,9,11-13H,4,6-8H2,1-3H3/b10-5+/t11?,12?,13?,14-,15?/m1/s1. The molecule has 88 valence electrons. The summed E-state index contributed by atoms with van der Waals surface area (Å²) in [6.45, 7) is 6.94. The van der Waals surface area contributed by atoms with Crippen molar-refractivity contribution >= 4 is 6.29 Å². The van der Waals surface area contributed by atoms with Gasteiger partial charge in [-0.15, -0.1) is 0 Å². The molecule has 0 aromatic carbocycles. The Kier molecular flexibility index (Phi) is 1.98. The van der Waals surface area contributed by atoms with Crippen LogP contribution in [0.2, 0.25) is 0 Å². The van der Waals surface area contributed by atoms with E-state index in [1.807, 2.05) is 6.92 Å². The number of hydrogen-bond donors (Lipinski definition) is 0. The molecule has 4 aliphatic carbocycles. The second kappa shape index (κ2) is 3.00. The van der Waals surface area contributed by atoms with Crippen molar-refractivity contribution in [3.05, 3.63) is 11.6 Å². The topological polar surface area (TPSA) is 17.1 Å². The number of hydrogen-bond acceptors (Lipinski definition) is 1. The molecule has 3 atom stereocenters. The Labute approximate surface area is 98.3 Å². The minimum Gasteiger partial charge on any atom is -0.298 e. The van der Waals surface area contributed by atoms with Crippen LogP contribution in [0, 0.1) is 28.6 Å². The van der Waals surface area contributed by atoms with Crippen LogP contribution in [0.1, 0.15) is 46.5 Å². The summed E-state index contributed by atoms with van der Waals surface area (Å²) in [6, 6.07) is 0. The fourth-order valence-corrected chi connectivity index (χ4v) is 5.15. The molecule has 4 aliphatic rings. The fourth-order valence-electron chi connectivity index (χ4n) is 5.15. The molecule has 0 N–H and O–H groups in total. The number of allylic oxidation sites excluding steroid dienone is 2. The van der Waals surface area contributed by atoms with Crippen molar-refractivity contribution in [2.45, 2.75) is 46.5 Å². The van der Waals surface area contributed by atoms with Crippen molar-refractivity contribution < 1.29 is 4.79 Å². The highest BCUT2D eigenvalue weighted by Gasteiger charge is 2.80. The summed E-state index contributed by atoms with van der Waals surface area (Å²) in [5, 5.41) is 0. The van der Waals surface area contributed by atoms with Crippen molar-refractivity contribution in [1.82, 2.24) is 0 Å². The minimum absolute atomic E-state index is 0.571. The quantitative estimate of drug-likeness (QED) is 0.520. The van der Waals surface area contributed by atoms with Gasteiger partial charge in [0.25, 0.3) is 0 Å². The van der Waals surface area contributed by atoms with Gasteiger partial charge < -0.3 is 0 Å². The molecule has 4 saturated carbocycles. The predicted molar refractivity (Wildman–Crippen MR) is 65.0 cm³/mol. The predicted octanol–water partition coefficient (Wildman–Crippen LogP) is 3.59. The van der Waals surface area contributed by atoms with Gasteiger partial charge in [0, 0.05) is 0 Å². The first-order chi connectivity index (χ1) is 7.54. The maximum Gasteiger partial charge on any atom is 0.145 e. The monoisotopic (exact) mass is 218 g/mol. The number of rotatable bonds is 4. The summed E-state index contributed by atoms with van der Waals surface area (Å²) in [7, 11) is 0. The molecule has 1 heteroatoms. The Hall–Kier alpha value is -0.590. The maximum absolute atomic E-state index is 10.6. The Morgan fingerprint density at radius 3 is 2.38 bits per heavy atom. The van der Waals surface area contributed by atoms with Crippen LogP contribution >= 0.6 is 0 Å². The van der Waals surface area contributed by atoms with E-state index in [2.05, 4.69) is 19.9 Å². The molecule has 0 spiro atoms. The molecule has 4 fully saturated rings. The second-order valence-electron chi connectivity index (χ2n) is 6.69. The molecule has 0 amide bonds. The molecule has 16 heavy (non-hydrogen) atoms. The van der Waals surface area contributed by atoms with Gasteiger partial charge in [0.05, 0.1) is 0 Å². The van der Waals surface area contributed by atoms with Crippen molar-refractivity contribution in [3.63, 3.8) is 0 Å². The lowest BCUT2D eigenvalue weighted by Gasteiger charge is -2.34. The van der Waals surface area contributed by atoms with Crippen LogP contribution in [0.4, 0.5) is 0 Å². The van der Waals surface area contributed by atoms with Gasteiger partial charge in [-0.2, -0.15) is 0 Å². The van der Waals surface area contributed by atoms with E-state index >= 15 is 0 Å². The first-order valence-corrected chi connectivity index (χ1v) is 6.66. The fraction of sp³-hybridized carbons (Fsp3) is 0.800. The lowest BCUT2D eigenvalue weighted by molar-refractivity contribution is -0.104. The molecule has 1 nitrogen and oxygen atoms in total. The van der Waals surface area contributed by atoms with Crippen LogP contribution in [0.25, 0.3) is 0 Å². The molecule has 4 bridgehead atoms. The Morgan fingerprint density at radius 1 is 1.31 bits per heavy atom. The van der Waals surface area contributed by atoms with E-state index in [1.54, 1.807) is 0 Å². The summed E-state index contributed by atoms with van der Waals surface area (Å²) in [5.74, 6) is 3.09. The normalized spacial score (nSPS) is 53.2. The van der Waals surface area contributed by atoms with E-state index in [9.17, 15) is 4.79 Å². The van der Waals surface area contributed by atoms with Crippen LogP contribution in [0.15, 0.2) is 11.6 Å². The molecule has 2 unspecified atom stereocenters. The lowest BCUT2D eigenvalue weighted by Crippen LogP contribution is -2.26. The van der Waals surface area contributed by atoms with E-state index in [4.69, 9.17) is 0 Å². The Morgan fingerprint density at radius 2 is 1.94 bits per heavy atom. The SMILES string of the molecule is C/C(C=O)=C\CC[C@]1(C)C2CC3C(C2)C31C. The number of carbonyl (C=O) groups is 1. The lowest BCUT2D eigenvalue weighted by atomic mass is 9.71. The van der Waals surface area contributed by atoms with E-state index in [1.165, 1.54) is 19.3 Å². The van der Waals surface area contributed by atoms with Crippen molar-refractivity contribution in [2.75, 3.05) is 0 Å². The van der Waals surface area contributed by atoms with Gasteiger partial charge in [-0.25, -0.2) is 0 Å². The average molecular weight is 218 g/mol. The third kappa shape index (κ3) is 1.00. The average Bonchev–Trinajstić information content (AvgIpc) is 2.62. The molecule has 0 radical (unpaired) electrons. The Balaban J connectivity index is 1.70. The molecule has 0 heterocycles. The van der Waals surface area contributed by atoms with Gasteiger partial charge in [-0.1, -0.05) is 19.9 Å². The highest BCUT2D eigenvalue weighted by Crippen LogP contribution is 2.87.